The summed E-state index contributed by atoms with van der Waals surface area (Å²) >= 11 is 0. The molecule has 0 aromatic rings. The maximum atomic E-state index is 12.4. The normalized spacial score (nSPS) is 24.5. The average Bonchev–Trinajstić information content (AvgIpc) is 2.76. The third kappa shape index (κ3) is 4.70. The van der Waals surface area contributed by atoms with E-state index < -0.39 is 10.0 Å². The van der Waals surface area contributed by atoms with Crippen LogP contribution in [0.2, 0.25) is 0 Å². The second kappa shape index (κ2) is 7.57. The molecule has 2 unspecified atom stereocenters. The van der Waals surface area contributed by atoms with Crippen LogP contribution >= 0.6 is 0 Å². The zero-order valence-corrected chi connectivity index (χ0v) is 13.2. The maximum absolute atomic E-state index is 12.4. The van der Waals surface area contributed by atoms with Crippen molar-refractivity contribution in [1.82, 2.24) is 4.31 Å². The lowest BCUT2D eigenvalue weighted by atomic mass is 10.0. The third-order valence-electron chi connectivity index (χ3n) is 3.75. The van der Waals surface area contributed by atoms with E-state index in [1.54, 1.807) is 4.31 Å². The lowest BCUT2D eigenvalue weighted by Gasteiger charge is -2.31. The molecule has 0 saturated heterocycles. The largest absolute Gasteiger partial charge is 0.378 e. The summed E-state index contributed by atoms with van der Waals surface area (Å²) < 4.78 is 31.8. The Morgan fingerprint density at radius 3 is 2.58 bits per heavy atom. The Morgan fingerprint density at radius 2 is 2.05 bits per heavy atom. The molecule has 0 heterocycles. The van der Waals surface area contributed by atoms with E-state index in [0.29, 0.717) is 19.0 Å². The molecule has 0 spiro atoms. The zero-order chi connectivity index (χ0) is 14.5. The first-order chi connectivity index (χ1) is 8.92. The molecule has 0 aliphatic heterocycles. The van der Waals surface area contributed by atoms with E-state index in [-0.39, 0.29) is 24.5 Å². The topological polar surface area (TPSA) is 72.6 Å². The highest BCUT2D eigenvalue weighted by molar-refractivity contribution is 7.89. The Morgan fingerprint density at radius 1 is 1.37 bits per heavy atom. The molecule has 5 nitrogen and oxygen atoms in total. The molecule has 2 atom stereocenters. The number of nitrogens with zero attached hydrogens (tertiary/aromatic N) is 1. The van der Waals surface area contributed by atoms with Gasteiger partial charge >= 0.3 is 0 Å². The van der Waals surface area contributed by atoms with Crippen molar-refractivity contribution in [2.75, 3.05) is 25.4 Å². The van der Waals surface area contributed by atoms with Gasteiger partial charge in [0.2, 0.25) is 10.0 Å². The molecule has 0 radical (unpaired) electrons. The predicted molar refractivity (Wildman–Crippen MR) is 77.4 cm³/mol. The van der Waals surface area contributed by atoms with Crippen molar-refractivity contribution in [1.29, 1.82) is 0 Å². The van der Waals surface area contributed by atoms with E-state index in [2.05, 4.69) is 0 Å². The maximum Gasteiger partial charge on any atom is 0.216 e. The van der Waals surface area contributed by atoms with Crippen LogP contribution in [0, 0.1) is 5.92 Å². The van der Waals surface area contributed by atoms with Crippen molar-refractivity contribution in [3.05, 3.63) is 0 Å². The van der Waals surface area contributed by atoms with Crippen LogP contribution < -0.4 is 5.73 Å². The molecule has 1 aliphatic carbocycles. The molecule has 0 aromatic carbocycles. The van der Waals surface area contributed by atoms with Crippen LogP contribution in [0.25, 0.3) is 0 Å². The van der Waals surface area contributed by atoms with E-state index >= 15 is 0 Å². The standard InChI is InChI=1S/C13H28N2O3S/c1-4-15(13-7-5-6-12(13)10-14)19(16,17)9-8-18-11(2)3/h11-13H,4-10,14H2,1-3H3. The summed E-state index contributed by atoms with van der Waals surface area (Å²) in [7, 11) is -3.24. The molecule has 19 heavy (non-hydrogen) atoms. The van der Waals surface area contributed by atoms with Gasteiger partial charge in [-0.05, 0) is 39.2 Å². The number of ether oxygens (including phenoxy) is 1. The van der Waals surface area contributed by atoms with Crippen molar-refractivity contribution in [2.45, 2.75) is 52.2 Å². The number of hydrogen-bond donors (Lipinski definition) is 1. The van der Waals surface area contributed by atoms with Gasteiger partial charge in [0.1, 0.15) is 0 Å². The summed E-state index contributed by atoms with van der Waals surface area (Å²) in [4.78, 5) is 0. The second-order valence-electron chi connectivity index (χ2n) is 5.43. The molecule has 0 bridgehead atoms. The summed E-state index contributed by atoms with van der Waals surface area (Å²) in [5.41, 5.74) is 5.75. The van der Waals surface area contributed by atoms with Crippen LogP contribution in [-0.4, -0.2) is 50.3 Å². The summed E-state index contributed by atoms with van der Waals surface area (Å²) in [5.74, 6) is 0.369. The molecular weight excluding hydrogens is 264 g/mol. The van der Waals surface area contributed by atoms with E-state index in [4.69, 9.17) is 10.5 Å². The first-order valence-electron chi connectivity index (χ1n) is 7.23. The van der Waals surface area contributed by atoms with E-state index in [0.717, 1.165) is 19.3 Å². The van der Waals surface area contributed by atoms with Gasteiger partial charge < -0.3 is 10.5 Å². The van der Waals surface area contributed by atoms with Gasteiger partial charge in [-0.15, -0.1) is 0 Å². The molecule has 2 N–H and O–H groups in total. The fourth-order valence-electron chi connectivity index (χ4n) is 2.82. The molecule has 1 aliphatic rings. The van der Waals surface area contributed by atoms with Crippen LogP contribution in [0.15, 0.2) is 0 Å². The van der Waals surface area contributed by atoms with E-state index in [9.17, 15) is 8.42 Å². The fourth-order valence-corrected chi connectivity index (χ4v) is 4.44. The lowest BCUT2D eigenvalue weighted by molar-refractivity contribution is 0.0903. The quantitative estimate of drug-likeness (QED) is 0.729. The van der Waals surface area contributed by atoms with Crippen molar-refractivity contribution in [3.8, 4) is 0 Å². The van der Waals surface area contributed by atoms with Gasteiger partial charge in [0.15, 0.2) is 0 Å². The summed E-state index contributed by atoms with van der Waals surface area (Å²) in [6.07, 6.45) is 3.10. The SMILES string of the molecule is CCN(C1CCCC1CN)S(=O)(=O)CCOC(C)C. The van der Waals surface area contributed by atoms with Gasteiger partial charge in [-0.1, -0.05) is 13.3 Å². The minimum absolute atomic E-state index is 0.0623. The molecule has 114 valence electrons. The Kier molecular flexibility index (Phi) is 6.73. The van der Waals surface area contributed by atoms with Crippen molar-refractivity contribution in [2.24, 2.45) is 11.7 Å². The molecular formula is C13H28N2O3S. The Labute approximate surface area is 117 Å². The molecule has 0 aromatic heterocycles. The second-order valence-corrected chi connectivity index (χ2v) is 7.47. The molecule has 6 heteroatoms. The predicted octanol–water partition coefficient (Wildman–Crippen LogP) is 1.19. The minimum atomic E-state index is -3.24. The van der Waals surface area contributed by atoms with Crippen LogP contribution in [0.5, 0.6) is 0 Å². The van der Waals surface area contributed by atoms with Gasteiger partial charge in [0, 0.05) is 12.6 Å². The first-order valence-corrected chi connectivity index (χ1v) is 8.84. The fraction of sp³-hybridized carbons (Fsp3) is 1.00. The van der Waals surface area contributed by atoms with Gasteiger partial charge in [-0.2, -0.15) is 4.31 Å². The Balaban J connectivity index is 2.66. The monoisotopic (exact) mass is 292 g/mol. The number of sulfonamides is 1. The molecule has 1 rings (SSSR count). The highest BCUT2D eigenvalue weighted by Gasteiger charge is 2.36. The summed E-state index contributed by atoms with van der Waals surface area (Å²) in [5, 5.41) is 0. The highest BCUT2D eigenvalue weighted by atomic mass is 32.2. The van der Waals surface area contributed by atoms with Crippen molar-refractivity contribution < 1.29 is 13.2 Å². The first kappa shape index (κ1) is 16.9. The summed E-state index contributed by atoms with van der Waals surface area (Å²) in [6, 6.07) is 0.0825. The van der Waals surface area contributed by atoms with E-state index in [1.807, 2.05) is 20.8 Å². The molecule has 1 saturated carbocycles. The Bertz CT molecular complexity index is 357. The number of rotatable bonds is 8. The van der Waals surface area contributed by atoms with Crippen LogP contribution in [0.1, 0.15) is 40.0 Å². The lowest BCUT2D eigenvalue weighted by Crippen LogP contribution is -2.45. The smallest absolute Gasteiger partial charge is 0.216 e. The van der Waals surface area contributed by atoms with Gasteiger partial charge in [-0.3, -0.25) is 0 Å². The van der Waals surface area contributed by atoms with Crippen LogP contribution in [0.4, 0.5) is 0 Å². The van der Waals surface area contributed by atoms with Gasteiger partial charge in [-0.25, -0.2) is 8.42 Å². The van der Waals surface area contributed by atoms with E-state index in [1.165, 1.54) is 0 Å². The van der Waals surface area contributed by atoms with Crippen LogP contribution in [0.3, 0.4) is 0 Å². The van der Waals surface area contributed by atoms with Gasteiger partial charge in [0.25, 0.3) is 0 Å². The number of hydrogen-bond acceptors (Lipinski definition) is 4. The minimum Gasteiger partial charge on any atom is -0.378 e. The van der Waals surface area contributed by atoms with Crippen molar-refractivity contribution in [3.63, 3.8) is 0 Å². The molecule has 0 amide bonds. The molecule has 1 fully saturated rings. The third-order valence-corrected chi connectivity index (χ3v) is 5.68. The Hall–Kier alpha value is -0.170. The van der Waals surface area contributed by atoms with Crippen LogP contribution in [-0.2, 0) is 14.8 Å². The number of nitrogens with two attached hydrogens (primary N) is 1. The van der Waals surface area contributed by atoms with Gasteiger partial charge in [0.05, 0.1) is 18.5 Å². The highest BCUT2D eigenvalue weighted by Crippen LogP contribution is 2.30. The summed E-state index contributed by atoms with van der Waals surface area (Å²) in [6.45, 7) is 7.06. The van der Waals surface area contributed by atoms with Crippen molar-refractivity contribution >= 4 is 10.0 Å². The zero-order valence-electron chi connectivity index (χ0n) is 12.3. The average molecular weight is 292 g/mol.